The largest absolute Gasteiger partial charge is 0.484 e. The van der Waals surface area contributed by atoms with Crippen LogP contribution in [0.4, 0.5) is 5.69 Å². The molecule has 1 fully saturated rings. The second-order valence-corrected chi connectivity index (χ2v) is 6.67. The number of carbonyl (C=O) groups is 1. The number of non-ortho nitro benzene ring substituents is 1. The van der Waals surface area contributed by atoms with Crippen LogP contribution in [0, 0.1) is 10.1 Å². The topological polar surface area (TPSA) is 84.7 Å². The van der Waals surface area contributed by atoms with Crippen LogP contribution in [0.5, 0.6) is 5.75 Å². The van der Waals surface area contributed by atoms with Crippen LogP contribution in [0.15, 0.2) is 54.6 Å². The first-order valence-electron chi connectivity index (χ1n) is 9.03. The van der Waals surface area contributed by atoms with Crippen molar-refractivity contribution in [3.63, 3.8) is 0 Å². The number of benzene rings is 2. The van der Waals surface area contributed by atoms with Crippen LogP contribution in [-0.4, -0.2) is 41.5 Å². The standard InChI is InChI=1S/C20H23N3O4/c24-20(15-27-19-10-8-18(9-11-19)23(25)26)21-17-7-4-12-22(14-17)13-16-5-2-1-3-6-16/h1-3,5-6,8-11,17H,4,7,12-15H2,(H,21,24)/t17-/m0/s1. The molecule has 1 N–H and O–H groups in total. The average Bonchev–Trinajstić information content (AvgIpc) is 2.68. The predicted molar refractivity (Wildman–Crippen MR) is 101 cm³/mol. The van der Waals surface area contributed by atoms with E-state index in [1.54, 1.807) is 0 Å². The number of hydrogen-bond acceptors (Lipinski definition) is 5. The van der Waals surface area contributed by atoms with E-state index < -0.39 is 4.92 Å². The molecule has 27 heavy (non-hydrogen) atoms. The second-order valence-electron chi connectivity index (χ2n) is 6.67. The van der Waals surface area contributed by atoms with Gasteiger partial charge in [-0.15, -0.1) is 0 Å². The van der Waals surface area contributed by atoms with Gasteiger partial charge in [0.15, 0.2) is 6.61 Å². The van der Waals surface area contributed by atoms with Gasteiger partial charge in [-0.05, 0) is 37.1 Å². The van der Waals surface area contributed by atoms with Gasteiger partial charge >= 0.3 is 0 Å². The molecule has 7 nitrogen and oxygen atoms in total. The molecule has 1 amide bonds. The van der Waals surface area contributed by atoms with Gasteiger partial charge in [0.1, 0.15) is 5.75 Å². The SMILES string of the molecule is O=C(COc1ccc([N+](=O)[O-])cc1)N[C@H]1CCCN(Cc2ccccc2)C1. The Morgan fingerprint density at radius 2 is 1.93 bits per heavy atom. The Morgan fingerprint density at radius 1 is 1.19 bits per heavy atom. The first-order valence-corrected chi connectivity index (χ1v) is 9.03. The van der Waals surface area contributed by atoms with Crippen molar-refractivity contribution < 1.29 is 14.5 Å². The smallest absolute Gasteiger partial charge is 0.269 e. The highest BCUT2D eigenvalue weighted by molar-refractivity contribution is 5.77. The molecular formula is C20H23N3O4. The third kappa shape index (κ3) is 5.79. The van der Waals surface area contributed by atoms with Crippen molar-refractivity contribution in [3.05, 3.63) is 70.3 Å². The van der Waals surface area contributed by atoms with E-state index in [4.69, 9.17) is 4.74 Å². The maximum Gasteiger partial charge on any atom is 0.269 e. The molecule has 2 aromatic rings. The Morgan fingerprint density at radius 3 is 2.63 bits per heavy atom. The summed E-state index contributed by atoms with van der Waals surface area (Å²) in [6.45, 7) is 2.62. The van der Waals surface area contributed by atoms with E-state index in [2.05, 4.69) is 22.3 Å². The lowest BCUT2D eigenvalue weighted by molar-refractivity contribution is -0.384. The van der Waals surface area contributed by atoms with E-state index in [1.165, 1.54) is 29.8 Å². The summed E-state index contributed by atoms with van der Waals surface area (Å²) in [6.07, 6.45) is 2.00. The molecule has 0 aliphatic carbocycles. The van der Waals surface area contributed by atoms with Crippen molar-refractivity contribution >= 4 is 11.6 Å². The van der Waals surface area contributed by atoms with Crippen LogP contribution in [0.1, 0.15) is 18.4 Å². The van der Waals surface area contributed by atoms with Gasteiger partial charge < -0.3 is 10.1 Å². The zero-order valence-corrected chi connectivity index (χ0v) is 15.0. The van der Waals surface area contributed by atoms with Crippen LogP contribution < -0.4 is 10.1 Å². The number of nitro groups is 1. The quantitative estimate of drug-likeness (QED) is 0.599. The van der Waals surface area contributed by atoms with Gasteiger partial charge in [-0.1, -0.05) is 30.3 Å². The molecule has 142 valence electrons. The van der Waals surface area contributed by atoms with E-state index >= 15 is 0 Å². The van der Waals surface area contributed by atoms with E-state index in [0.717, 1.165) is 32.5 Å². The second kappa shape index (κ2) is 9.14. The molecule has 1 atom stereocenters. The molecule has 0 bridgehead atoms. The Labute approximate surface area is 158 Å². The number of nitrogens with one attached hydrogen (secondary N) is 1. The first kappa shape index (κ1) is 18.8. The normalized spacial score (nSPS) is 17.3. The van der Waals surface area contributed by atoms with Crippen molar-refractivity contribution in [1.29, 1.82) is 0 Å². The van der Waals surface area contributed by atoms with Gasteiger partial charge in [0, 0.05) is 31.3 Å². The van der Waals surface area contributed by atoms with Gasteiger partial charge in [0.2, 0.25) is 0 Å². The summed E-state index contributed by atoms with van der Waals surface area (Å²) in [6, 6.07) is 16.1. The minimum absolute atomic E-state index is 0.00693. The molecular weight excluding hydrogens is 346 g/mol. The van der Waals surface area contributed by atoms with Gasteiger partial charge in [0.25, 0.3) is 11.6 Å². The Hall–Kier alpha value is -2.93. The van der Waals surface area contributed by atoms with E-state index in [-0.39, 0.29) is 24.2 Å². The minimum atomic E-state index is -0.471. The summed E-state index contributed by atoms with van der Waals surface area (Å²) in [4.78, 5) is 24.7. The molecule has 3 rings (SSSR count). The van der Waals surface area contributed by atoms with E-state index in [0.29, 0.717) is 5.75 Å². The summed E-state index contributed by atoms with van der Waals surface area (Å²) >= 11 is 0. The third-order valence-corrected chi connectivity index (χ3v) is 4.54. The van der Waals surface area contributed by atoms with Crippen molar-refractivity contribution in [1.82, 2.24) is 10.2 Å². The van der Waals surface area contributed by atoms with Crippen LogP contribution in [-0.2, 0) is 11.3 Å². The van der Waals surface area contributed by atoms with Crippen LogP contribution >= 0.6 is 0 Å². The number of hydrogen-bond donors (Lipinski definition) is 1. The number of rotatable bonds is 7. The summed E-state index contributed by atoms with van der Waals surface area (Å²) < 4.78 is 5.42. The molecule has 1 aliphatic heterocycles. The molecule has 7 heteroatoms. The highest BCUT2D eigenvalue weighted by Gasteiger charge is 2.21. The van der Waals surface area contributed by atoms with Gasteiger partial charge in [0.05, 0.1) is 4.92 Å². The molecule has 2 aromatic carbocycles. The number of likely N-dealkylation sites (tertiary alicyclic amines) is 1. The lowest BCUT2D eigenvalue weighted by atomic mass is 10.0. The summed E-state index contributed by atoms with van der Waals surface area (Å²) in [5.74, 6) is 0.255. The fourth-order valence-corrected chi connectivity index (χ4v) is 3.24. The van der Waals surface area contributed by atoms with Crippen molar-refractivity contribution in [2.24, 2.45) is 0 Å². The van der Waals surface area contributed by atoms with Gasteiger partial charge in [-0.2, -0.15) is 0 Å². The molecule has 0 spiro atoms. The van der Waals surface area contributed by atoms with Gasteiger partial charge in [-0.25, -0.2) is 0 Å². The Balaban J connectivity index is 1.43. The van der Waals surface area contributed by atoms with Crippen molar-refractivity contribution in [2.75, 3.05) is 19.7 Å². The lowest BCUT2D eigenvalue weighted by Gasteiger charge is -2.33. The van der Waals surface area contributed by atoms with Crippen molar-refractivity contribution in [3.8, 4) is 5.75 Å². The lowest BCUT2D eigenvalue weighted by Crippen LogP contribution is -2.48. The summed E-state index contributed by atoms with van der Waals surface area (Å²) in [5.41, 5.74) is 1.26. The molecule has 0 radical (unpaired) electrons. The number of piperidine rings is 1. The fourth-order valence-electron chi connectivity index (χ4n) is 3.24. The molecule has 0 aromatic heterocycles. The number of nitro benzene ring substituents is 1. The summed E-state index contributed by atoms with van der Waals surface area (Å²) in [7, 11) is 0. The zero-order chi connectivity index (χ0) is 19.1. The predicted octanol–water partition coefficient (Wildman–Crippen LogP) is 2.75. The summed E-state index contributed by atoms with van der Waals surface area (Å²) in [5, 5.41) is 13.7. The Kier molecular flexibility index (Phi) is 6.38. The molecule has 1 saturated heterocycles. The van der Waals surface area contributed by atoms with E-state index in [1.807, 2.05) is 18.2 Å². The van der Waals surface area contributed by atoms with Crippen LogP contribution in [0.2, 0.25) is 0 Å². The monoisotopic (exact) mass is 369 g/mol. The first-order chi connectivity index (χ1) is 13.1. The molecule has 1 aliphatic rings. The van der Waals surface area contributed by atoms with Gasteiger partial charge in [-0.3, -0.25) is 19.8 Å². The van der Waals surface area contributed by atoms with Crippen molar-refractivity contribution in [2.45, 2.75) is 25.4 Å². The maximum absolute atomic E-state index is 12.2. The highest BCUT2D eigenvalue weighted by Crippen LogP contribution is 2.17. The van der Waals surface area contributed by atoms with E-state index in [9.17, 15) is 14.9 Å². The Bertz CT molecular complexity index is 765. The van der Waals surface area contributed by atoms with Crippen LogP contribution in [0.3, 0.4) is 0 Å². The fraction of sp³-hybridized carbons (Fsp3) is 0.350. The number of amides is 1. The maximum atomic E-state index is 12.2. The zero-order valence-electron chi connectivity index (χ0n) is 15.0. The molecule has 0 saturated carbocycles. The highest BCUT2D eigenvalue weighted by atomic mass is 16.6. The third-order valence-electron chi connectivity index (χ3n) is 4.54. The number of nitrogens with zero attached hydrogens (tertiary/aromatic N) is 2. The molecule has 0 unspecified atom stereocenters. The molecule has 1 heterocycles. The number of ether oxygens (including phenoxy) is 1. The van der Waals surface area contributed by atoms with Crippen LogP contribution in [0.25, 0.3) is 0 Å². The minimum Gasteiger partial charge on any atom is -0.484 e. The average molecular weight is 369 g/mol. The number of carbonyl (C=O) groups excluding carboxylic acids is 1.